The van der Waals surface area contributed by atoms with Gasteiger partial charge in [0.05, 0.1) is 6.54 Å². The van der Waals surface area contributed by atoms with Crippen LogP contribution in [0.4, 0.5) is 5.69 Å². The largest absolute Gasteiger partial charge is 0.385 e. The molecule has 2 N–H and O–H groups in total. The van der Waals surface area contributed by atoms with E-state index < -0.39 is 0 Å². The van der Waals surface area contributed by atoms with Gasteiger partial charge >= 0.3 is 0 Å². The van der Waals surface area contributed by atoms with Crippen LogP contribution in [0.1, 0.15) is 34.3 Å². The van der Waals surface area contributed by atoms with Crippen molar-refractivity contribution in [1.29, 1.82) is 0 Å². The fourth-order valence-electron chi connectivity index (χ4n) is 1.77. The molecule has 2 rings (SSSR count). The SMILES string of the molecule is CCCNc1ccnc(C(=O)NCc2sccc2C)c1. The molecule has 0 aliphatic rings. The van der Waals surface area contributed by atoms with Crippen molar-refractivity contribution < 1.29 is 4.79 Å². The lowest BCUT2D eigenvalue weighted by Gasteiger charge is -2.07. The quantitative estimate of drug-likeness (QED) is 0.858. The first-order chi connectivity index (χ1) is 9.70. The molecule has 106 valence electrons. The highest BCUT2D eigenvalue weighted by atomic mass is 32.1. The molecular weight excluding hydrogens is 270 g/mol. The highest BCUT2D eigenvalue weighted by Gasteiger charge is 2.08. The maximum Gasteiger partial charge on any atom is 0.270 e. The van der Waals surface area contributed by atoms with Gasteiger partial charge in [-0.15, -0.1) is 11.3 Å². The molecule has 0 saturated heterocycles. The average molecular weight is 289 g/mol. The summed E-state index contributed by atoms with van der Waals surface area (Å²) in [6.07, 6.45) is 2.70. The van der Waals surface area contributed by atoms with Crippen molar-refractivity contribution >= 4 is 22.9 Å². The number of nitrogens with zero attached hydrogens (tertiary/aromatic N) is 1. The monoisotopic (exact) mass is 289 g/mol. The molecule has 0 atom stereocenters. The first-order valence-corrected chi connectivity index (χ1v) is 7.59. The third-order valence-electron chi connectivity index (χ3n) is 2.95. The van der Waals surface area contributed by atoms with Crippen molar-refractivity contribution in [2.45, 2.75) is 26.8 Å². The zero-order valence-corrected chi connectivity index (χ0v) is 12.6. The van der Waals surface area contributed by atoms with E-state index in [0.717, 1.165) is 18.7 Å². The summed E-state index contributed by atoms with van der Waals surface area (Å²) >= 11 is 1.65. The summed E-state index contributed by atoms with van der Waals surface area (Å²) in [6, 6.07) is 5.71. The molecule has 0 bridgehead atoms. The van der Waals surface area contributed by atoms with Gasteiger partial charge in [0.1, 0.15) is 5.69 Å². The standard InChI is InChI=1S/C15H19N3OS/c1-3-6-16-12-4-7-17-13(9-12)15(19)18-10-14-11(2)5-8-20-14/h4-5,7-9H,3,6,10H2,1-2H3,(H,16,17)(H,18,19). The Morgan fingerprint density at radius 2 is 2.25 bits per heavy atom. The van der Waals surface area contributed by atoms with E-state index in [1.807, 2.05) is 18.4 Å². The van der Waals surface area contributed by atoms with Crippen LogP contribution in [0.2, 0.25) is 0 Å². The van der Waals surface area contributed by atoms with E-state index in [-0.39, 0.29) is 5.91 Å². The van der Waals surface area contributed by atoms with Crippen LogP contribution in [-0.2, 0) is 6.54 Å². The predicted octanol–water partition coefficient (Wildman–Crippen LogP) is 3.20. The molecule has 1 amide bonds. The molecule has 0 unspecified atom stereocenters. The summed E-state index contributed by atoms with van der Waals surface area (Å²) in [7, 11) is 0. The lowest BCUT2D eigenvalue weighted by atomic mass is 10.2. The molecular formula is C15H19N3OS. The fraction of sp³-hybridized carbons (Fsp3) is 0.333. The van der Waals surface area contributed by atoms with Crippen molar-refractivity contribution in [2.75, 3.05) is 11.9 Å². The second kappa shape index (κ2) is 7.05. The van der Waals surface area contributed by atoms with Gasteiger partial charge in [0, 0.05) is 23.3 Å². The van der Waals surface area contributed by atoms with Gasteiger partial charge in [-0.25, -0.2) is 0 Å². The third-order valence-corrected chi connectivity index (χ3v) is 3.97. The molecule has 0 fully saturated rings. The second-order valence-corrected chi connectivity index (χ2v) is 5.57. The Labute approximate surface area is 123 Å². The van der Waals surface area contributed by atoms with Crippen LogP contribution in [0.15, 0.2) is 29.8 Å². The molecule has 2 heterocycles. The zero-order chi connectivity index (χ0) is 14.4. The normalized spacial score (nSPS) is 10.3. The van der Waals surface area contributed by atoms with Crippen LogP contribution < -0.4 is 10.6 Å². The number of rotatable bonds is 6. The van der Waals surface area contributed by atoms with E-state index in [0.29, 0.717) is 12.2 Å². The smallest absolute Gasteiger partial charge is 0.270 e. The molecule has 20 heavy (non-hydrogen) atoms. The minimum absolute atomic E-state index is 0.141. The van der Waals surface area contributed by atoms with E-state index in [9.17, 15) is 4.79 Å². The van der Waals surface area contributed by atoms with Gasteiger partial charge < -0.3 is 10.6 Å². The predicted molar refractivity (Wildman–Crippen MR) is 83.2 cm³/mol. The maximum absolute atomic E-state index is 12.1. The lowest BCUT2D eigenvalue weighted by molar-refractivity contribution is 0.0946. The number of amides is 1. The molecule has 4 nitrogen and oxygen atoms in total. The van der Waals surface area contributed by atoms with Gasteiger partial charge in [-0.3, -0.25) is 9.78 Å². The molecule has 5 heteroatoms. The summed E-state index contributed by atoms with van der Waals surface area (Å²) in [4.78, 5) is 17.4. The molecule has 0 aliphatic heterocycles. The van der Waals surface area contributed by atoms with Gasteiger partial charge in [0.2, 0.25) is 0 Å². The highest BCUT2D eigenvalue weighted by molar-refractivity contribution is 7.10. The minimum atomic E-state index is -0.141. The van der Waals surface area contributed by atoms with Crippen molar-refractivity contribution in [1.82, 2.24) is 10.3 Å². The second-order valence-electron chi connectivity index (χ2n) is 4.57. The van der Waals surface area contributed by atoms with Gasteiger partial charge in [-0.1, -0.05) is 6.92 Å². The maximum atomic E-state index is 12.1. The molecule has 2 aromatic rings. The van der Waals surface area contributed by atoms with Crippen LogP contribution in [-0.4, -0.2) is 17.4 Å². The Kier molecular flexibility index (Phi) is 5.12. The van der Waals surface area contributed by atoms with Crippen molar-refractivity contribution in [3.05, 3.63) is 45.9 Å². The number of anilines is 1. The topological polar surface area (TPSA) is 54.0 Å². The summed E-state index contributed by atoms with van der Waals surface area (Å²) < 4.78 is 0. The van der Waals surface area contributed by atoms with Crippen LogP contribution in [0, 0.1) is 6.92 Å². The van der Waals surface area contributed by atoms with Gasteiger partial charge in [-0.2, -0.15) is 0 Å². The van der Waals surface area contributed by atoms with E-state index in [1.54, 1.807) is 23.6 Å². The van der Waals surface area contributed by atoms with Crippen molar-refractivity contribution in [3.63, 3.8) is 0 Å². The van der Waals surface area contributed by atoms with E-state index >= 15 is 0 Å². The Balaban J connectivity index is 1.96. The summed E-state index contributed by atoms with van der Waals surface area (Å²) in [6.45, 7) is 5.59. The Bertz CT molecular complexity index is 580. The number of nitrogens with one attached hydrogen (secondary N) is 2. The minimum Gasteiger partial charge on any atom is -0.385 e. The number of thiophene rings is 1. The Morgan fingerprint density at radius 3 is 2.95 bits per heavy atom. The van der Waals surface area contributed by atoms with E-state index in [2.05, 4.69) is 28.6 Å². The van der Waals surface area contributed by atoms with Gasteiger partial charge in [0.15, 0.2) is 0 Å². The van der Waals surface area contributed by atoms with Gasteiger partial charge in [0.25, 0.3) is 5.91 Å². The summed E-state index contributed by atoms with van der Waals surface area (Å²) in [5.74, 6) is -0.141. The zero-order valence-electron chi connectivity index (χ0n) is 11.8. The molecule has 0 aromatic carbocycles. The van der Waals surface area contributed by atoms with E-state index in [4.69, 9.17) is 0 Å². The molecule has 0 aliphatic carbocycles. The van der Waals surface area contributed by atoms with Crippen LogP contribution in [0.25, 0.3) is 0 Å². The first-order valence-electron chi connectivity index (χ1n) is 6.71. The average Bonchev–Trinajstić information content (AvgIpc) is 2.88. The van der Waals surface area contributed by atoms with Crippen LogP contribution in [0.3, 0.4) is 0 Å². The summed E-state index contributed by atoms with van der Waals surface area (Å²) in [5.41, 5.74) is 2.58. The highest BCUT2D eigenvalue weighted by Crippen LogP contribution is 2.15. The fourth-order valence-corrected chi connectivity index (χ4v) is 2.62. The number of hydrogen-bond acceptors (Lipinski definition) is 4. The number of pyridine rings is 1. The molecule has 0 radical (unpaired) electrons. The number of carbonyl (C=O) groups is 1. The van der Waals surface area contributed by atoms with Crippen molar-refractivity contribution in [3.8, 4) is 0 Å². The number of aryl methyl sites for hydroxylation is 1. The number of aromatic nitrogens is 1. The molecule has 2 aromatic heterocycles. The van der Waals surface area contributed by atoms with Crippen molar-refractivity contribution in [2.24, 2.45) is 0 Å². The van der Waals surface area contributed by atoms with Crippen LogP contribution >= 0.6 is 11.3 Å². The Morgan fingerprint density at radius 1 is 1.40 bits per heavy atom. The van der Waals surface area contributed by atoms with Crippen LogP contribution in [0.5, 0.6) is 0 Å². The summed E-state index contributed by atoms with van der Waals surface area (Å²) in [5, 5.41) is 8.19. The van der Waals surface area contributed by atoms with Gasteiger partial charge in [-0.05, 0) is 42.5 Å². The lowest BCUT2D eigenvalue weighted by Crippen LogP contribution is -2.23. The number of hydrogen-bond donors (Lipinski definition) is 2. The molecule has 0 saturated carbocycles. The third kappa shape index (κ3) is 3.81. The first kappa shape index (κ1) is 14.5. The number of carbonyl (C=O) groups excluding carboxylic acids is 1. The molecule has 0 spiro atoms. The van der Waals surface area contributed by atoms with E-state index in [1.165, 1.54) is 10.4 Å². The Hall–Kier alpha value is -1.88.